The van der Waals surface area contributed by atoms with Gasteiger partial charge in [-0.2, -0.15) is 0 Å². The first-order valence-corrected chi connectivity index (χ1v) is 7.49. The Morgan fingerprint density at radius 2 is 2.00 bits per heavy atom. The molecule has 120 valence electrons. The highest BCUT2D eigenvalue weighted by molar-refractivity contribution is 9.10. The quantitative estimate of drug-likeness (QED) is 0.789. The maximum Gasteiger partial charge on any atom is 0.248 e. The lowest BCUT2D eigenvalue weighted by Gasteiger charge is -2.09. The number of carbonyl (C=O) groups is 1. The highest BCUT2D eigenvalue weighted by Gasteiger charge is 2.08. The second-order valence-corrected chi connectivity index (χ2v) is 5.45. The van der Waals surface area contributed by atoms with Crippen LogP contribution in [0.1, 0.15) is 5.56 Å². The fraction of sp³-hybridized carbons (Fsp3) is 0.118. The Balaban J connectivity index is 2.15. The molecule has 0 heterocycles. The zero-order chi connectivity index (χ0) is 16.8. The van der Waals surface area contributed by atoms with Crippen molar-refractivity contribution in [2.75, 3.05) is 19.5 Å². The van der Waals surface area contributed by atoms with Crippen molar-refractivity contribution in [3.05, 3.63) is 58.3 Å². The van der Waals surface area contributed by atoms with Crippen LogP contribution in [-0.2, 0) is 4.79 Å². The van der Waals surface area contributed by atoms with Crippen molar-refractivity contribution in [3.8, 4) is 11.5 Å². The Morgan fingerprint density at radius 3 is 2.65 bits per heavy atom. The molecular formula is C17H15BrFNO3. The molecule has 0 aliphatic heterocycles. The molecule has 1 amide bonds. The standard InChI is InChI=1S/C17H15BrFNO3/c1-22-15-5-3-4-11(17(15)23-2)6-9-16(21)20-14-8-7-12(18)10-13(14)19/h3-10H,1-2H3,(H,20,21)/b9-6+. The first kappa shape index (κ1) is 17.0. The lowest BCUT2D eigenvalue weighted by atomic mass is 10.1. The van der Waals surface area contributed by atoms with Gasteiger partial charge in [-0.1, -0.05) is 28.1 Å². The Morgan fingerprint density at radius 1 is 1.22 bits per heavy atom. The van der Waals surface area contributed by atoms with Gasteiger partial charge in [-0.3, -0.25) is 4.79 Å². The Labute approximate surface area is 142 Å². The number of hydrogen-bond acceptors (Lipinski definition) is 3. The molecule has 2 rings (SSSR count). The largest absolute Gasteiger partial charge is 0.493 e. The second-order valence-electron chi connectivity index (χ2n) is 4.53. The highest BCUT2D eigenvalue weighted by Crippen LogP contribution is 2.31. The lowest BCUT2D eigenvalue weighted by molar-refractivity contribution is -0.111. The molecule has 2 aromatic carbocycles. The first-order chi connectivity index (χ1) is 11.0. The third kappa shape index (κ3) is 4.32. The smallest absolute Gasteiger partial charge is 0.248 e. The van der Waals surface area contributed by atoms with E-state index < -0.39 is 11.7 Å². The molecular weight excluding hydrogens is 365 g/mol. The van der Waals surface area contributed by atoms with E-state index >= 15 is 0 Å². The summed E-state index contributed by atoms with van der Waals surface area (Å²) in [6.07, 6.45) is 2.88. The van der Waals surface area contributed by atoms with Crippen LogP contribution in [0.2, 0.25) is 0 Å². The second kappa shape index (κ2) is 7.78. The number of para-hydroxylation sites is 1. The normalized spacial score (nSPS) is 10.6. The van der Waals surface area contributed by atoms with Gasteiger partial charge in [-0.15, -0.1) is 0 Å². The molecule has 0 spiro atoms. The summed E-state index contributed by atoms with van der Waals surface area (Å²) in [6.45, 7) is 0. The van der Waals surface area contributed by atoms with Crippen molar-refractivity contribution in [1.29, 1.82) is 0 Å². The number of hydrogen-bond donors (Lipinski definition) is 1. The summed E-state index contributed by atoms with van der Waals surface area (Å²) in [4.78, 5) is 11.9. The van der Waals surface area contributed by atoms with E-state index in [1.807, 2.05) is 0 Å². The zero-order valence-electron chi connectivity index (χ0n) is 12.6. The summed E-state index contributed by atoms with van der Waals surface area (Å²) >= 11 is 3.16. The molecule has 4 nitrogen and oxygen atoms in total. The number of benzene rings is 2. The summed E-state index contributed by atoms with van der Waals surface area (Å²) in [7, 11) is 3.06. The maximum absolute atomic E-state index is 13.7. The molecule has 0 radical (unpaired) electrons. The van der Waals surface area contributed by atoms with Gasteiger partial charge in [0.25, 0.3) is 0 Å². The minimum Gasteiger partial charge on any atom is -0.493 e. The fourth-order valence-corrected chi connectivity index (χ4v) is 2.31. The van der Waals surface area contributed by atoms with Crippen molar-refractivity contribution >= 4 is 33.6 Å². The molecule has 0 saturated heterocycles. The van der Waals surface area contributed by atoms with E-state index in [2.05, 4.69) is 21.2 Å². The van der Waals surface area contributed by atoms with Crippen LogP contribution in [0.5, 0.6) is 11.5 Å². The molecule has 0 aliphatic rings. The van der Waals surface area contributed by atoms with Crippen LogP contribution in [0.15, 0.2) is 46.9 Å². The van der Waals surface area contributed by atoms with Gasteiger partial charge in [0.2, 0.25) is 5.91 Å². The van der Waals surface area contributed by atoms with Crippen LogP contribution in [-0.4, -0.2) is 20.1 Å². The molecule has 23 heavy (non-hydrogen) atoms. The van der Waals surface area contributed by atoms with Crippen molar-refractivity contribution in [2.45, 2.75) is 0 Å². The van der Waals surface area contributed by atoms with E-state index in [9.17, 15) is 9.18 Å². The molecule has 0 atom stereocenters. The number of amides is 1. The number of halogens is 2. The van der Waals surface area contributed by atoms with Crippen LogP contribution in [0.25, 0.3) is 6.08 Å². The van der Waals surface area contributed by atoms with Gasteiger partial charge < -0.3 is 14.8 Å². The average Bonchev–Trinajstić information content (AvgIpc) is 2.55. The van der Waals surface area contributed by atoms with Crippen molar-refractivity contribution in [1.82, 2.24) is 0 Å². The summed E-state index contributed by atoms with van der Waals surface area (Å²) < 4.78 is 24.8. The van der Waals surface area contributed by atoms with Crippen LogP contribution >= 0.6 is 15.9 Å². The Bertz CT molecular complexity index is 747. The van der Waals surface area contributed by atoms with Gasteiger partial charge in [-0.05, 0) is 30.3 Å². The molecule has 0 unspecified atom stereocenters. The Kier molecular flexibility index (Phi) is 5.76. The summed E-state index contributed by atoms with van der Waals surface area (Å²) in [6, 6.07) is 9.74. The molecule has 1 N–H and O–H groups in total. The predicted molar refractivity (Wildman–Crippen MR) is 91.3 cm³/mol. The van der Waals surface area contributed by atoms with E-state index in [4.69, 9.17) is 9.47 Å². The highest BCUT2D eigenvalue weighted by atomic mass is 79.9. The monoisotopic (exact) mass is 379 g/mol. The minimum absolute atomic E-state index is 0.112. The van der Waals surface area contributed by atoms with Gasteiger partial charge in [0.05, 0.1) is 19.9 Å². The van der Waals surface area contributed by atoms with E-state index in [-0.39, 0.29) is 5.69 Å². The fourth-order valence-electron chi connectivity index (χ4n) is 1.97. The van der Waals surface area contributed by atoms with Gasteiger partial charge in [0, 0.05) is 16.1 Å². The summed E-state index contributed by atoms with van der Waals surface area (Å²) in [5, 5.41) is 2.48. The third-order valence-electron chi connectivity index (χ3n) is 3.04. The lowest BCUT2D eigenvalue weighted by Crippen LogP contribution is -2.09. The zero-order valence-corrected chi connectivity index (χ0v) is 14.2. The number of rotatable bonds is 5. The van der Waals surface area contributed by atoms with Gasteiger partial charge >= 0.3 is 0 Å². The van der Waals surface area contributed by atoms with Gasteiger partial charge in [0.15, 0.2) is 11.5 Å². The number of ether oxygens (including phenoxy) is 2. The summed E-state index contributed by atoms with van der Waals surface area (Å²) in [5.41, 5.74) is 0.790. The SMILES string of the molecule is COc1cccc(/C=C/C(=O)Nc2ccc(Br)cc2F)c1OC. The molecule has 0 bridgehead atoms. The van der Waals surface area contributed by atoms with Crippen LogP contribution in [0.4, 0.5) is 10.1 Å². The predicted octanol–water partition coefficient (Wildman–Crippen LogP) is 4.26. The van der Waals surface area contributed by atoms with E-state index in [0.717, 1.165) is 0 Å². The molecule has 0 aromatic heterocycles. The van der Waals surface area contributed by atoms with Crippen LogP contribution in [0, 0.1) is 5.82 Å². The number of nitrogens with one attached hydrogen (secondary N) is 1. The van der Waals surface area contributed by atoms with E-state index in [1.165, 1.54) is 32.4 Å². The number of carbonyl (C=O) groups excluding carboxylic acids is 1. The van der Waals surface area contributed by atoms with Crippen LogP contribution < -0.4 is 14.8 Å². The van der Waals surface area contributed by atoms with E-state index in [0.29, 0.717) is 21.5 Å². The molecule has 2 aromatic rings. The molecule has 0 aliphatic carbocycles. The number of anilines is 1. The Hall–Kier alpha value is -2.34. The summed E-state index contributed by atoms with van der Waals surface area (Å²) in [5.74, 6) is 0.124. The van der Waals surface area contributed by atoms with Crippen LogP contribution in [0.3, 0.4) is 0 Å². The minimum atomic E-state index is -0.514. The van der Waals surface area contributed by atoms with Crippen molar-refractivity contribution < 1.29 is 18.7 Å². The van der Waals surface area contributed by atoms with Gasteiger partial charge in [0.1, 0.15) is 5.82 Å². The molecule has 0 fully saturated rings. The molecule has 6 heteroatoms. The van der Waals surface area contributed by atoms with Crippen molar-refractivity contribution in [3.63, 3.8) is 0 Å². The number of methoxy groups -OCH3 is 2. The van der Waals surface area contributed by atoms with E-state index in [1.54, 1.807) is 30.3 Å². The first-order valence-electron chi connectivity index (χ1n) is 6.70. The maximum atomic E-state index is 13.7. The topological polar surface area (TPSA) is 47.6 Å². The van der Waals surface area contributed by atoms with Crippen molar-refractivity contribution in [2.24, 2.45) is 0 Å². The van der Waals surface area contributed by atoms with Gasteiger partial charge in [-0.25, -0.2) is 4.39 Å². The molecule has 0 saturated carbocycles. The third-order valence-corrected chi connectivity index (χ3v) is 3.53. The average molecular weight is 380 g/mol.